The molecular weight excluding hydrogens is 504 g/mol. The molecule has 0 fully saturated rings. The number of likely N-dealkylation sites (N-methyl/N-ethyl adjacent to an activating group) is 1. The number of hydrogen-bond acceptors (Lipinski definition) is 10. The van der Waals surface area contributed by atoms with Crippen LogP contribution < -0.4 is 10.0 Å². The molecule has 1 amide bonds. The van der Waals surface area contributed by atoms with Crippen molar-refractivity contribution < 1.29 is 27.9 Å². The molecule has 34 heavy (non-hydrogen) atoms. The Morgan fingerprint density at radius 2 is 2.15 bits per heavy atom. The summed E-state index contributed by atoms with van der Waals surface area (Å²) < 4.78 is 36.5. The summed E-state index contributed by atoms with van der Waals surface area (Å²) in [5.41, 5.74) is 1.29. The molecule has 1 atom stereocenters. The van der Waals surface area contributed by atoms with Gasteiger partial charge >= 0.3 is 0 Å². The highest BCUT2D eigenvalue weighted by atomic mass is 32.3. The number of nitrogens with one attached hydrogen (secondary N) is 2. The average molecular weight is 531 g/mol. The molecule has 0 spiro atoms. The van der Waals surface area contributed by atoms with Crippen molar-refractivity contribution in [2.45, 2.75) is 34.4 Å². The van der Waals surface area contributed by atoms with E-state index in [-0.39, 0.29) is 22.4 Å². The lowest BCUT2D eigenvalue weighted by molar-refractivity contribution is -0.763. The van der Waals surface area contributed by atoms with E-state index < -0.39 is 21.0 Å². The molecule has 1 aliphatic rings. The molecular formula is C20H26N4O7S3. The third kappa shape index (κ3) is 6.25. The van der Waals surface area contributed by atoms with Gasteiger partial charge in [0.1, 0.15) is 10.8 Å². The number of hydrogen-bond donors (Lipinski definition) is 2. The second-order valence-electron chi connectivity index (χ2n) is 7.32. The minimum atomic E-state index is -3.66. The van der Waals surface area contributed by atoms with Crippen LogP contribution >= 0.6 is 23.3 Å². The molecule has 0 aliphatic carbocycles. The van der Waals surface area contributed by atoms with Crippen LogP contribution in [0.2, 0.25) is 0 Å². The molecule has 1 unspecified atom stereocenters. The summed E-state index contributed by atoms with van der Waals surface area (Å²) in [7, 11) is -2.08. The normalized spacial score (nSPS) is 17.2. The summed E-state index contributed by atoms with van der Waals surface area (Å²) in [6.07, 6.45) is 0.590. The third-order valence-electron chi connectivity index (χ3n) is 5.08. The second kappa shape index (κ2) is 12.0. The Hall–Kier alpha value is -2.23. The first-order chi connectivity index (χ1) is 16.3. The van der Waals surface area contributed by atoms with Gasteiger partial charge in [-0.2, -0.15) is 4.31 Å². The van der Waals surface area contributed by atoms with Gasteiger partial charge in [0.2, 0.25) is 0 Å². The smallest absolute Gasteiger partial charge is 0.294 e. The predicted molar refractivity (Wildman–Crippen MR) is 128 cm³/mol. The van der Waals surface area contributed by atoms with E-state index in [1.165, 1.54) is 10.4 Å². The molecule has 3 rings (SSSR count). The Morgan fingerprint density at radius 3 is 2.85 bits per heavy atom. The number of ether oxygens (including phenoxy) is 1. The molecule has 2 heterocycles. The summed E-state index contributed by atoms with van der Waals surface area (Å²) in [6, 6.07) is 8.03. The average Bonchev–Trinajstić information content (AvgIpc) is 3.25. The quantitative estimate of drug-likeness (QED) is 0.183. The van der Waals surface area contributed by atoms with Crippen LogP contribution in [0.3, 0.4) is 0 Å². The van der Waals surface area contributed by atoms with E-state index in [4.69, 9.17) is 4.74 Å². The fraction of sp³-hybridized carbons (Fsp3) is 0.450. The second-order valence-corrected chi connectivity index (χ2v) is 11.6. The van der Waals surface area contributed by atoms with E-state index in [2.05, 4.69) is 14.9 Å². The van der Waals surface area contributed by atoms with Crippen molar-refractivity contribution >= 4 is 39.2 Å². The van der Waals surface area contributed by atoms with Crippen molar-refractivity contribution in [3.05, 3.63) is 57.1 Å². The number of carbonyl (C=O) groups is 1. The van der Waals surface area contributed by atoms with Crippen LogP contribution in [0.5, 0.6) is 0 Å². The summed E-state index contributed by atoms with van der Waals surface area (Å²) in [5, 5.41) is 12.9. The van der Waals surface area contributed by atoms with Crippen LogP contribution in [-0.4, -0.2) is 57.1 Å². The first-order valence-electron chi connectivity index (χ1n) is 10.5. The lowest BCUT2D eigenvalue weighted by Gasteiger charge is -2.32. The van der Waals surface area contributed by atoms with E-state index >= 15 is 0 Å². The molecule has 1 aromatic carbocycles. The fourth-order valence-corrected chi connectivity index (χ4v) is 7.87. The van der Waals surface area contributed by atoms with Gasteiger partial charge in [0.15, 0.2) is 0 Å². The molecule has 0 saturated carbocycles. The fourth-order valence-electron chi connectivity index (χ4n) is 3.54. The largest absolute Gasteiger partial charge is 0.385 e. The maximum Gasteiger partial charge on any atom is 0.294 e. The maximum atomic E-state index is 13.2. The molecule has 0 radical (unpaired) electrons. The Labute approximate surface area is 206 Å². The Bertz CT molecular complexity index is 1120. The van der Waals surface area contributed by atoms with E-state index in [0.29, 0.717) is 48.0 Å². The van der Waals surface area contributed by atoms with Gasteiger partial charge in [-0.25, -0.2) is 8.42 Å². The number of rotatable bonds is 12. The minimum Gasteiger partial charge on any atom is -0.385 e. The van der Waals surface area contributed by atoms with Gasteiger partial charge in [0.05, 0.1) is 4.21 Å². The van der Waals surface area contributed by atoms with E-state index in [9.17, 15) is 23.3 Å². The molecule has 14 heteroatoms. The van der Waals surface area contributed by atoms with Crippen LogP contribution in [0.4, 0.5) is 0 Å². The number of methoxy groups -OCH3 is 1. The number of nitrogens with zero attached hydrogens (tertiary/aromatic N) is 2. The monoisotopic (exact) mass is 530 g/mol. The zero-order chi connectivity index (χ0) is 24.7. The van der Waals surface area contributed by atoms with Crippen molar-refractivity contribution in [3.8, 4) is 0 Å². The molecule has 1 aromatic heterocycles. The Balaban J connectivity index is 1.77. The van der Waals surface area contributed by atoms with Gasteiger partial charge in [-0.05, 0) is 42.6 Å². The predicted octanol–water partition coefficient (Wildman–Crippen LogP) is 2.58. The molecule has 186 valence electrons. The highest BCUT2D eigenvalue weighted by Gasteiger charge is 2.38. The van der Waals surface area contributed by atoms with Gasteiger partial charge in [0, 0.05) is 44.0 Å². The number of sulfonamides is 1. The number of carbonyl (C=O) groups excluding carboxylic acids is 1. The van der Waals surface area contributed by atoms with Crippen molar-refractivity contribution in [2.75, 3.05) is 33.4 Å². The minimum absolute atomic E-state index is 0.160. The van der Waals surface area contributed by atoms with Gasteiger partial charge in [-0.15, -0.1) is 21.5 Å². The van der Waals surface area contributed by atoms with E-state index in [1.54, 1.807) is 31.4 Å². The molecule has 1 aliphatic heterocycles. The van der Waals surface area contributed by atoms with Gasteiger partial charge in [-0.3, -0.25) is 9.52 Å². The van der Waals surface area contributed by atoms with Crippen LogP contribution in [0.15, 0.2) is 38.8 Å². The van der Waals surface area contributed by atoms with Crippen molar-refractivity contribution in [1.82, 2.24) is 14.3 Å². The van der Waals surface area contributed by atoms with Crippen LogP contribution in [0, 0.1) is 10.1 Å². The van der Waals surface area contributed by atoms with Gasteiger partial charge in [0.25, 0.3) is 21.0 Å². The van der Waals surface area contributed by atoms with E-state index in [1.807, 2.05) is 6.92 Å². The van der Waals surface area contributed by atoms with Crippen LogP contribution in [0.25, 0.3) is 0 Å². The molecule has 0 saturated heterocycles. The summed E-state index contributed by atoms with van der Waals surface area (Å²) >= 11 is 2.11. The lowest BCUT2D eigenvalue weighted by atomic mass is 10.1. The Kier molecular flexibility index (Phi) is 9.27. The first kappa shape index (κ1) is 26.4. The zero-order valence-corrected chi connectivity index (χ0v) is 21.1. The van der Waals surface area contributed by atoms with Gasteiger partial charge in [-0.1, -0.05) is 25.1 Å². The number of benzene rings is 1. The molecule has 0 bridgehead atoms. The van der Waals surface area contributed by atoms with E-state index in [0.717, 1.165) is 23.3 Å². The molecule has 11 nitrogen and oxygen atoms in total. The number of thiophene rings is 1. The topological polar surface area (TPSA) is 140 Å². The zero-order valence-electron chi connectivity index (χ0n) is 18.7. The molecule has 2 aromatic rings. The first-order valence-corrected chi connectivity index (χ1v) is 13.5. The van der Waals surface area contributed by atoms with Crippen molar-refractivity contribution in [1.29, 1.82) is 0 Å². The van der Waals surface area contributed by atoms with Crippen molar-refractivity contribution in [2.24, 2.45) is 0 Å². The number of fused-ring (bicyclic) bond motifs is 1. The standard InChI is InChI=1S/C20H26N4O7S3/c1-3-21-17-12-23(9-6-10-30-2)34(28,29)20-16(17)11-18(32-20)33-22-19(25)15-8-5-4-7-14(15)13-31-24(26)27/h4-5,7-8,11,17,21H,3,6,9-10,12-13H2,1-2H3,(H,22,25). The number of amides is 1. The lowest BCUT2D eigenvalue weighted by Crippen LogP contribution is -2.43. The summed E-state index contributed by atoms with van der Waals surface area (Å²) in [6.45, 7) is 3.43. The summed E-state index contributed by atoms with van der Waals surface area (Å²) in [4.78, 5) is 27.6. The Morgan fingerprint density at radius 1 is 1.38 bits per heavy atom. The van der Waals surface area contributed by atoms with Crippen LogP contribution in [0.1, 0.15) is 40.9 Å². The summed E-state index contributed by atoms with van der Waals surface area (Å²) in [5.74, 6) is -0.466. The van der Waals surface area contributed by atoms with Crippen LogP contribution in [-0.2, 0) is 26.2 Å². The highest BCUT2D eigenvalue weighted by molar-refractivity contribution is 8.00. The molecule has 2 N–H and O–H groups in total. The SMILES string of the molecule is CCNC1CN(CCCOC)S(=O)(=O)c2sc(SNC(=O)c3ccccc3CO[N+](=O)[O-])cc21. The third-order valence-corrected chi connectivity index (χ3v) is 9.52. The highest BCUT2D eigenvalue weighted by Crippen LogP contribution is 2.41. The maximum absolute atomic E-state index is 13.2. The van der Waals surface area contributed by atoms with Gasteiger partial charge < -0.3 is 14.9 Å². The van der Waals surface area contributed by atoms with Crippen molar-refractivity contribution in [3.63, 3.8) is 0 Å².